The molecule has 3 heteroatoms. The van der Waals surface area contributed by atoms with Crippen molar-refractivity contribution in [2.75, 3.05) is 0 Å². The topological polar surface area (TPSA) is 20.3 Å². The molecule has 22 heavy (non-hydrogen) atoms. The van der Waals surface area contributed by atoms with Gasteiger partial charge in [0.25, 0.3) is 5.91 Å². The molecule has 4 rings (SSSR count). The summed E-state index contributed by atoms with van der Waals surface area (Å²) in [5.74, 6) is 0.287. The number of carbonyl (C=O) groups is 1. The number of hydrogen-bond donors (Lipinski definition) is 0. The summed E-state index contributed by atoms with van der Waals surface area (Å²) in [6.45, 7) is 0. The van der Waals surface area contributed by atoms with Gasteiger partial charge in [0, 0.05) is 28.1 Å². The average Bonchev–Trinajstić information content (AvgIpc) is 2.60. The van der Waals surface area contributed by atoms with Crippen LogP contribution in [-0.2, 0) is 0 Å². The van der Waals surface area contributed by atoms with E-state index in [1.54, 1.807) is 0 Å². The molecule has 0 N–H and O–H groups in total. The molecule has 3 fully saturated rings. The quantitative estimate of drug-likeness (QED) is 0.760. The Morgan fingerprint density at radius 3 is 2.00 bits per heavy atom. The van der Waals surface area contributed by atoms with E-state index in [2.05, 4.69) is 16.7 Å². The number of rotatable bonds is 1. The molecular formula is C19H25NOS. The van der Waals surface area contributed by atoms with Crippen molar-refractivity contribution in [3.8, 4) is 0 Å². The van der Waals surface area contributed by atoms with E-state index in [1.807, 2.05) is 30.3 Å². The number of thioether (sulfide) groups is 1. The SMILES string of the molecule is O=C(c1ccccc1)N1[C@@H]2CCCC[C@@H]2S[C@H]2CCCC[C@@H]21. The van der Waals surface area contributed by atoms with E-state index >= 15 is 0 Å². The van der Waals surface area contributed by atoms with Crippen LogP contribution in [0.2, 0.25) is 0 Å². The van der Waals surface area contributed by atoms with Gasteiger partial charge in [-0.25, -0.2) is 0 Å². The van der Waals surface area contributed by atoms with Gasteiger partial charge in [0.1, 0.15) is 0 Å². The lowest BCUT2D eigenvalue weighted by Gasteiger charge is -2.53. The van der Waals surface area contributed by atoms with Crippen LogP contribution in [0.25, 0.3) is 0 Å². The van der Waals surface area contributed by atoms with Gasteiger partial charge in [-0.1, -0.05) is 43.9 Å². The number of hydrogen-bond acceptors (Lipinski definition) is 2. The molecule has 0 bridgehead atoms. The van der Waals surface area contributed by atoms with Gasteiger partial charge in [-0.05, 0) is 37.8 Å². The van der Waals surface area contributed by atoms with Crippen molar-refractivity contribution in [2.45, 2.75) is 74.0 Å². The number of nitrogens with zero attached hydrogens (tertiary/aromatic N) is 1. The molecule has 0 spiro atoms. The normalized spacial score (nSPS) is 34.6. The largest absolute Gasteiger partial charge is 0.330 e. The monoisotopic (exact) mass is 315 g/mol. The highest BCUT2D eigenvalue weighted by Crippen LogP contribution is 2.46. The van der Waals surface area contributed by atoms with Crippen LogP contribution in [-0.4, -0.2) is 33.4 Å². The lowest BCUT2D eigenvalue weighted by atomic mass is 9.86. The summed E-state index contributed by atoms with van der Waals surface area (Å²) in [6.07, 6.45) is 10.3. The van der Waals surface area contributed by atoms with E-state index in [9.17, 15) is 4.79 Å². The fraction of sp³-hybridized carbons (Fsp3) is 0.632. The van der Waals surface area contributed by atoms with Crippen LogP contribution in [0.3, 0.4) is 0 Å². The molecular weight excluding hydrogens is 290 g/mol. The molecule has 1 amide bonds. The first-order chi connectivity index (χ1) is 10.8. The summed E-state index contributed by atoms with van der Waals surface area (Å²) in [5.41, 5.74) is 0.878. The highest BCUT2D eigenvalue weighted by Gasteiger charge is 2.46. The van der Waals surface area contributed by atoms with E-state index in [0.717, 1.165) is 5.56 Å². The summed E-state index contributed by atoms with van der Waals surface area (Å²) in [7, 11) is 0. The molecule has 0 aromatic heterocycles. The maximum absolute atomic E-state index is 13.2. The van der Waals surface area contributed by atoms with Crippen LogP contribution in [0.5, 0.6) is 0 Å². The molecule has 2 nitrogen and oxygen atoms in total. The van der Waals surface area contributed by atoms with Crippen molar-refractivity contribution >= 4 is 17.7 Å². The van der Waals surface area contributed by atoms with Crippen LogP contribution in [0.1, 0.15) is 61.7 Å². The molecule has 1 aliphatic heterocycles. The second-order valence-electron chi connectivity index (χ2n) is 7.00. The molecule has 1 saturated heterocycles. The number of carbonyl (C=O) groups excluding carboxylic acids is 1. The van der Waals surface area contributed by atoms with Gasteiger partial charge in [0.15, 0.2) is 0 Å². The summed E-state index contributed by atoms with van der Waals surface area (Å²) in [5, 5.41) is 1.36. The van der Waals surface area contributed by atoms with E-state index in [4.69, 9.17) is 0 Å². The Labute approximate surface area is 137 Å². The van der Waals surface area contributed by atoms with Gasteiger partial charge in [0.05, 0.1) is 0 Å². The third-order valence-corrected chi connectivity index (χ3v) is 7.45. The molecule has 118 valence electrons. The highest BCUT2D eigenvalue weighted by atomic mass is 32.2. The highest BCUT2D eigenvalue weighted by molar-refractivity contribution is 8.00. The number of benzene rings is 1. The summed E-state index contributed by atoms with van der Waals surface area (Å²) >= 11 is 2.22. The van der Waals surface area contributed by atoms with Crippen LogP contribution < -0.4 is 0 Å². The summed E-state index contributed by atoms with van der Waals surface area (Å²) < 4.78 is 0. The van der Waals surface area contributed by atoms with Gasteiger partial charge < -0.3 is 4.90 Å². The smallest absolute Gasteiger partial charge is 0.254 e. The van der Waals surface area contributed by atoms with Gasteiger partial charge in [-0.15, -0.1) is 0 Å². The maximum atomic E-state index is 13.2. The Bertz CT molecular complexity index is 509. The van der Waals surface area contributed by atoms with E-state index in [-0.39, 0.29) is 5.91 Å². The standard InChI is InChI=1S/C19H25NOS/c21-19(14-8-2-1-3-9-14)20-15-10-4-6-12-17(15)22-18-13-7-5-11-16(18)20/h1-3,8-9,15-18H,4-7,10-13H2/t15-,16+,17-,18-/m0/s1. The van der Waals surface area contributed by atoms with Crippen LogP contribution >= 0.6 is 11.8 Å². The zero-order chi connectivity index (χ0) is 14.9. The zero-order valence-electron chi connectivity index (χ0n) is 13.1. The van der Waals surface area contributed by atoms with E-state index < -0.39 is 0 Å². The summed E-state index contributed by atoms with van der Waals surface area (Å²) in [4.78, 5) is 15.6. The Hall–Kier alpha value is -0.960. The zero-order valence-corrected chi connectivity index (χ0v) is 13.9. The first-order valence-electron chi connectivity index (χ1n) is 8.88. The third-order valence-electron chi connectivity index (χ3n) is 5.65. The average molecular weight is 315 g/mol. The third kappa shape index (κ3) is 2.58. The predicted octanol–water partition coefficient (Wildman–Crippen LogP) is 4.50. The number of amides is 1. The molecule has 3 aliphatic rings. The fourth-order valence-electron chi connectivity index (χ4n) is 4.61. The maximum Gasteiger partial charge on any atom is 0.254 e. The Balaban J connectivity index is 1.67. The molecule has 1 aromatic carbocycles. The number of fused-ring (bicyclic) bond motifs is 2. The van der Waals surface area contributed by atoms with Crippen LogP contribution in [0.15, 0.2) is 30.3 Å². The van der Waals surface area contributed by atoms with Crippen molar-refractivity contribution in [1.82, 2.24) is 4.90 Å². The van der Waals surface area contributed by atoms with Gasteiger partial charge in [-0.2, -0.15) is 11.8 Å². The van der Waals surface area contributed by atoms with Crippen molar-refractivity contribution in [2.24, 2.45) is 0 Å². The first kappa shape index (κ1) is 14.6. The van der Waals surface area contributed by atoms with Crippen molar-refractivity contribution in [3.05, 3.63) is 35.9 Å². The Kier molecular flexibility index (Phi) is 4.17. The lowest BCUT2D eigenvalue weighted by Crippen LogP contribution is -2.60. The fourth-order valence-corrected chi connectivity index (χ4v) is 6.56. The van der Waals surface area contributed by atoms with E-state index in [1.165, 1.54) is 51.4 Å². The lowest BCUT2D eigenvalue weighted by molar-refractivity contribution is 0.0437. The molecule has 2 saturated carbocycles. The predicted molar refractivity (Wildman–Crippen MR) is 92.3 cm³/mol. The molecule has 0 unspecified atom stereocenters. The van der Waals surface area contributed by atoms with E-state index in [0.29, 0.717) is 22.6 Å². The summed E-state index contributed by atoms with van der Waals surface area (Å²) in [6, 6.07) is 10.9. The van der Waals surface area contributed by atoms with Crippen molar-refractivity contribution < 1.29 is 4.79 Å². The molecule has 4 atom stereocenters. The Morgan fingerprint density at radius 2 is 1.41 bits per heavy atom. The molecule has 1 heterocycles. The van der Waals surface area contributed by atoms with Crippen LogP contribution in [0, 0.1) is 0 Å². The van der Waals surface area contributed by atoms with Crippen molar-refractivity contribution in [1.29, 1.82) is 0 Å². The van der Waals surface area contributed by atoms with Gasteiger partial charge in [-0.3, -0.25) is 4.79 Å². The second-order valence-corrected chi connectivity index (χ2v) is 8.48. The minimum Gasteiger partial charge on any atom is -0.330 e. The van der Waals surface area contributed by atoms with Gasteiger partial charge >= 0.3 is 0 Å². The molecule has 1 aromatic rings. The molecule has 0 radical (unpaired) electrons. The Morgan fingerprint density at radius 1 is 0.864 bits per heavy atom. The second kappa shape index (κ2) is 6.27. The minimum atomic E-state index is 0.287. The first-order valence-corrected chi connectivity index (χ1v) is 9.82. The minimum absolute atomic E-state index is 0.287. The van der Waals surface area contributed by atoms with Gasteiger partial charge in [0.2, 0.25) is 0 Å². The van der Waals surface area contributed by atoms with Crippen LogP contribution in [0.4, 0.5) is 0 Å². The van der Waals surface area contributed by atoms with Crippen molar-refractivity contribution in [3.63, 3.8) is 0 Å². The molecule has 2 aliphatic carbocycles.